The number of benzene rings is 2. The van der Waals surface area contributed by atoms with Crippen LogP contribution in [0.5, 0.6) is 5.75 Å². The minimum Gasteiger partial charge on any atom is -0.497 e. The van der Waals surface area contributed by atoms with Gasteiger partial charge in [-0.05, 0) is 34.9 Å². The summed E-state index contributed by atoms with van der Waals surface area (Å²) in [5.74, 6) is 0.937. The molecular weight excluding hydrogens is 264 g/mol. The van der Waals surface area contributed by atoms with Crippen molar-refractivity contribution in [2.45, 2.75) is 12.5 Å². The van der Waals surface area contributed by atoms with Crippen molar-refractivity contribution in [3.05, 3.63) is 59.2 Å². The molecule has 0 saturated carbocycles. The molecular formula is C17H18N2O2. The Labute approximate surface area is 124 Å². The van der Waals surface area contributed by atoms with E-state index in [0.717, 1.165) is 28.1 Å². The first-order chi connectivity index (χ1) is 10.1. The largest absolute Gasteiger partial charge is 0.497 e. The van der Waals surface area contributed by atoms with Crippen LogP contribution in [0.1, 0.15) is 22.7 Å². The molecule has 3 rings (SSSR count). The fourth-order valence-electron chi connectivity index (χ4n) is 2.69. The van der Waals surface area contributed by atoms with E-state index in [4.69, 9.17) is 10.5 Å². The first-order valence-corrected chi connectivity index (χ1v) is 6.89. The molecule has 21 heavy (non-hydrogen) atoms. The smallest absolute Gasteiger partial charge is 0.231 e. The van der Waals surface area contributed by atoms with Gasteiger partial charge in [-0.15, -0.1) is 0 Å². The van der Waals surface area contributed by atoms with Crippen molar-refractivity contribution in [3.8, 4) is 5.75 Å². The highest BCUT2D eigenvalue weighted by Gasteiger charge is 2.24. The number of anilines is 1. The third-order valence-electron chi connectivity index (χ3n) is 4.01. The van der Waals surface area contributed by atoms with Crippen LogP contribution in [0.2, 0.25) is 0 Å². The fourth-order valence-corrected chi connectivity index (χ4v) is 2.69. The molecule has 1 atom stereocenters. The van der Waals surface area contributed by atoms with E-state index in [-0.39, 0.29) is 11.9 Å². The standard InChI is InChI=1S/C17H18N2O2/c1-19-15-8-5-12(9-13(15)10-16(19)20)17(18)11-3-6-14(21-2)7-4-11/h3-9,17H,10,18H2,1-2H3. The minimum absolute atomic E-state index is 0.125. The van der Waals surface area contributed by atoms with Crippen LogP contribution in [-0.4, -0.2) is 20.1 Å². The predicted molar refractivity (Wildman–Crippen MR) is 82.6 cm³/mol. The highest BCUT2D eigenvalue weighted by atomic mass is 16.5. The van der Waals surface area contributed by atoms with E-state index in [1.54, 1.807) is 19.1 Å². The van der Waals surface area contributed by atoms with Crippen molar-refractivity contribution in [3.63, 3.8) is 0 Å². The maximum Gasteiger partial charge on any atom is 0.231 e. The van der Waals surface area contributed by atoms with Gasteiger partial charge in [0.15, 0.2) is 0 Å². The molecule has 2 aromatic carbocycles. The van der Waals surface area contributed by atoms with E-state index < -0.39 is 0 Å². The summed E-state index contributed by atoms with van der Waals surface area (Å²) in [6.45, 7) is 0. The highest BCUT2D eigenvalue weighted by molar-refractivity contribution is 6.00. The molecule has 108 valence electrons. The van der Waals surface area contributed by atoms with Crippen molar-refractivity contribution >= 4 is 11.6 Å². The summed E-state index contributed by atoms with van der Waals surface area (Å²) < 4.78 is 5.15. The van der Waals surface area contributed by atoms with Gasteiger partial charge >= 0.3 is 0 Å². The highest BCUT2D eigenvalue weighted by Crippen LogP contribution is 2.31. The van der Waals surface area contributed by atoms with Crippen molar-refractivity contribution in [2.75, 3.05) is 19.1 Å². The Balaban J connectivity index is 1.90. The van der Waals surface area contributed by atoms with Gasteiger partial charge in [0, 0.05) is 12.7 Å². The molecule has 2 aromatic rings. The SMILES string of the molecule is COc1ccc(C(N)c2ccc3c(c2)CC(=O)N3C)cc1. The number of hydrogen-bond acceptors (Lipinski definition) is 3. The Morgan fingerprint density at radius 2 is 1.81 bits per heavy atom. The minimum atomic E-state index is -0.206. The van der Waals surface area contributed by atoms with Crippen LogP contribution < -0.4 is 15.4 Å². The Morgan fingerprint density at radius 1 is 1.14 bits per heavy atom. The zero-order chi connectivity index (χ0) is 15.0. The lowest BCUT2D eigenvalue weighted by atomic mass is 9.97. The van der Waals surface area contributed by atoms with Gasteiger partial charge in [-0.2, -0.15) is 0 Å². The molecule has 1 amide bonds. The molecule has 1 unspecified atom stereocenters. The number of nitrogens with zero attached hydrogens (tertiary/aromatic N) is 1. The first-order valence-electron chi connectivity index (χ1n) is 6.89. The number of methoxy groups -OCH3 is 1. The zero-order valence-electron chi connectivity index (χ0n) is 12.2. The van der Waals surface area contributed by atoms with Crippen LogP contribution in [-0.2, 0) is 11.2 Å². The number of carbonyl (C=O) groups is 1. The number of likely N-dealkylation sites (N-methyl/N-ethyl adjacent to an activating group) is 1. The Hall–Kier alpha value is -2.33. The van der Waals surface area contributed by atoms with E-state index in [1.807, 2.05) is 42.5 Å². The van der Waals surface area contributed by atoms with Gasteiger partial charge in [0.2, 0.25) is 5.91 Å². The Morgan fingerprint density at radius 3 is 2.48 bits per heavy atom. The van der Waals surface area contributed by atoms with Crippen LogP contribution in [0, 0.1) is 0 Å². The van der Waals surface area contributed by atoms with Crippen LogP contribution in [0.15, 0.2) is 42.5 Å². The number of fused-ring (bicyclic) bond motifs is 1. The molecule has 0 aliphatic carbocycles. The van der Waals surface area contributed by atoms with Crippen molar-refractivity contribution in [2.24, 2.45) is 5.73 Å². The van der Waals surface area contributed by atoms with Gasteiger partial charge in [0.05, 0.1) is 19.6 Å². The van der Waals surface area contributed by atoms with Gasteiger partial charge in [0.25, 0.3) is 0 Å². The van der Waals surface area contributed by atoms with Crippen LogP contribution in [0.25, 0.3) is 0 Å². The molecule has 4 nitrogen and oxygen atoms in total. The number of amides is 1. The lowest BCUT2D eigenvalue weighted by molar-refractivity contribution is -0.117. The Bertz CT molecular complexity index is 680. The van der Waals surface area contributed by atoms with Crippen LogP contribution in [0.3, 0.4) is 0 Å². The van der Waals surface area contributed by atoms with E-state index >= 15 is 0 Å². The zero-order valence-corrected chi connectivity index (χ0v) is 12.2. The van der Waals surface area contributed by atoms with Gasteiger partial charge in [-0.3, -0.25) is 4.79 Å². The lowest BCUT2D eigenvalue weighted by Gasteiger charge is -2.15. The van der Waals surface area contributed by atoms with Crippen molar-refractivity contribution < 1.29 is 9.53 Å². The summed E-state index contributed by atoms with van der Waals surface area (Å²) in [6, 6.07) is 13.5. The summed E-state index contributed by atoms with van der Waals surface area (Å²) in [5, 5.41) is 0. The quantitative estimate of drug-likeness (QED) is 0.939. The van der Waals surface area contributed by atoms with Gasteiger partial charge < -0.3 is 15.4 Å². The molecule has 1 heterocycles. The average Bonchev–Trinajstić information content (AvgIpc) is 2.81. The predicted octanol–water partition coefficient (Wildman–Crippen LogP) is 2.26. The maximum absolute atomic E-state index is 11.7. The second-order valence-electron chi connectivity index (χ2n) is 5.27. The molecule has 0 aromatic heterocycles. The summed E-state index contributed by atoms with van der Waals surface area (Å²) in [5.41, 5.74) is 10.4. The lowest BCUT2D eigenvalue weighted by Crippen LogP contribution is -2.20. The van der Waals surface area contributed by atoms with E-state index in [2.05, 4.69) is 0 Å². The Kier molecular flexibility index (Phi) is 3.39. The molecule has 0 fully saturated rings. The average molecular weight is 282 g/mol. The van der Waals surface area contributed by atoms with Crippen LogP contribution >= 0.6 is 0 Å². The van der Waals surface area contributed by atoms with E-state index in [9.17, 15) is 4.79 Å². The number of rotatable bonds is 3. The third kappa shape index (κ3) is 2.38. The van der Waals surface area contributed by atoms with E-state index in [1.165, 1.54) is 0 Å². The summed E-state index contributed by atoms with van der Waals surface area (Å²) in [7, 11) is 3.44. The second kappa shape index (κ2) is 5.22. The van der Waals surface area contributed by atoms with Crippen molar-refractivity contribution in [1.82, 2.24) is 0 Å². The van der Waals surface area contributed by atoms with Gasteiger partial charge in [-0.1, -0.05) is 24.3 Å². The topological polar surface area (TPSA) is 55.6 Å². The van der Waals surface area contributed by atoms with Crippen LogP contribution in [0.4, 0.5) is 5.69 Å². The molecule has 4 heteroatoms. The third-order valence-corrected chi connectivity index (χ3v) is 4.01. The summed E-state index contributed by atoms with van der Waals surface area (Å²) in [6.07, 6.45) is 0.453. The molecule has 0 spiro atoms. The molecule has 0 radical (unpaired) electrons. The van der Waals surface area contributed by atoms with Gasteiger partial charge in [0.1, 0.15) is 5.75 Å². The number of nitrogens with two attached hydrogens (primary N) is 1. The van der Waals surface area contributed by atoms with Crippen molar-refractivity contribution in [1.29, 1.82) is 0 Å². The normalized spacial score (nSPS) is 15.0. The monoisotopic (exact) mass is 282 g/mol. The van der Waals surface area contributed by atoms with Gasteiger partial charge in [-0.25, -0.2) is 0 Å². The molecule has 1 aliphatic rings. The molecule has 0 bridgehead atoms. The van der Waals surface area contributed by atoms with E-state index in [0.29, 0.717) is 6.42 Å². The molecule has 0 saturated heterocycles. The second-order valence-corrected chi connectivity index (χ2v) is 5.27. The fraction of sp³-hybridized carbons (Fsp3) is 0.235. The summed E-state index contributed by atoms with van der Waals surface area (Å²) >= 11 is 0. The summed E-state index contributed by atoms with van der Waals surface area (Å²) in [4.78, 5) is 13.4. The number of carbonyl (C=O) groups excluding carboxylic acids is 1. The number of hydrogen-bond donors (Lipinski definition) is 1. The molecule has 1 aliphatic heterocycles. The molecule has 2 N–H and O–H groups in total. The maximum atomic E-state index is 11.7. The number of ether oxygens (including phenoxy) is 1. The first kappa shape index (κ1) is 13.6.